The summed E-state index contributed by atoms with van der Waals surface area (Å²) in [7, 11) is -3.68. The highest BCUT2D eigenvalue weighted by Gasteiger charge is 2.23. The van der Waals surface area contributed by atoms with E-state index in [9.17, 15) is 14.3 Å². The van der Waals surface area contributed by atoms with Gasteiger partial charge < -0.3 is 24.5 Å². The van der Waals surface area contributed by atoms with Crippen molar-refractivity contribution in [3.05, 3.63) is 16.7 Å². The highest BCUT2D eigenvalue weighted by Crippen LogP contribution is 2.41. The molecule has 114 valence electrons. The van der Waals surface area contributed by atoms with E-state index in [2.05, 4.69) is 15.0 Å². The van der Waals surface area contributed by atoms with Crippen molar-refractivity contribution in [1.29, 1.82) is 0 Å². The quantitative estimate of drug-likeness (QED) is 0.686. The highest BCUT2D eigenvalue weighted by molar-refractivity contribution is 7.51. The fourth-order valence-electron chi connectivity index (χ4n) is 2.03. The minimum atomic E-state index is -3.68. The molecule has 0 radical (unpaired) electrons. The SMILES string of the molecule is Nc1nc2c(ncn2COC2CCP(=O)([O-])OC2)c(=O)[nH]1. The van der Waals surface area contributed by atoms with Crippen LogP contribution in [0, 0.1) is 0 Å². The van der Waals surface area contributed by atoms with Crippen LogP contribution in [0.4, 0.5) is 5.95 Å². The fraction of sp³-hybridized carbons (Fsp3) is 0.500. The van der Waals surface area contributed by atoms with E-state index in [4.69, 9.17) is 15.0 Å². The van der Waals surface area contributed by atoms with Crippen LogP contribution in [-0.4, -0.2) is 38.4 Å². The molecular formula is C10H13N5O5P-. The first kappa shape index (κ1) is 14.2. The Kier molecular flexibility index (Phi) is 3.54. The van der Waals surface area contributed by atoms with E-state index in [0.717, 1.165) is 0 Å². The third kappa shape index (κ3) is 2.98. The number of nitrogens with two attached hydrogens (primary N) is 1. The van der Waals surface area contributed by atoms with Crippen LogP contribution < -0.4 is 16.2 Å². The molecule has 1 aliphatic rings. The molecule has 2 aromatic rings. The zero-order chi connectivity index (χ0) is 15.0. The number of nitrogens with one attached hydrogen (secondary N) is 1. The summed E-state index contributed by atoms with van der Waals surface area (Å²) in [6, 6.07) is 0. The molecule has 10 nitrogen and oxygen atoms in total. The molecule has 3 rings (SSSR count). The Balaban J connectivity index is 1.72. The zero-order valence-corrected chi connectivity index (χ0v) is 11.8. The summed E-state index contributed by atoms with van der Waals surface area (Å²) >= 11 is 0. The molecule has 0 bridgehead atoms. The molecule has 0 aliphatic carbocycles. The lowest BCUT2D eigenvalue weighted by atomic mass is 10.3. The molecule has 0 amide bonds. The summed E-state index contributed by atoms with van der Waals surface area (Å²) in [5, 5.41) is 0. The molecule has 0 aromatic carbocycles. The summed E-state index contributed by atoms with van der Waals surface area (Å²) in [5.41, 5.74) is 5.53. The van der Waals surface area contributed by atoms with Crippen molar-refractivity contribution < 1.29 is 18.7 Å². The number of nitrogens with zero attached hydrogens (tertiary/aromatic N) is 3. The van der Waals surface area contributed by atoms with Crippen molar-refractivity contribution in [1.82, 2.24) is 19.5 Å². The Morgan fingerprint density at radius 2 is 2.48 bits per heavy atom. The van der Waals surface area contributed by atoms with E-state index in [1.54, 1.807) is 0 Å². The monoisotopic (exact) mass is 314 g/mol. The summed E-state index contributed by atoms with van der Waals surface area (Å²) in [6.07, 6.45) is 1.39. The molecule has 21 heavy (non-hydrogen) atoms. The van der Waals surface area contributed by atoms with Crippen LogP contribution in [0.2, 0.25) is 0 Å². The number of nitrogen functional groups attached to an aromatic ring is 1. The van der Waals surface area contributed by atoms with Gasteiger partial charge in [0.05, 0.1) is 19.0 Å². The lowest BCUT2D eigenvalue weighted by Crippen LogP contribution is -2.29. The minimum absolute atomic E-state index is 0.0104. The minimum Gasteiger partial charge on any atom is -0.778 e. The molecular weight excluding hydrogens is 301 g/mol. The van der Waals surface area contributed by atoms with Gasteiger partial charge in [-0.25, -0.2) is 4.98 Å². The maximum absolute atomic E-state index is 11.6. The summed E-state index contributed by atoms with van der Waals surface area (Å²) in [4.78, 5) is 33.1. The van der Waals surface area contributed by atoms with Crippen molar-refractivity contribution in [2.24, 2.45) is 0 Å². The van der Waals surface area contributed by atoms with Crippen LogP contribution in [0.3, 0.4) is 0 Å². The molecule has 2 aromatic heterocycles. The Morgan fingerprint density at radius 1 is 1.67 bits per heavy atom. The largest absolute Gasteiger partial charge is 0.778 e. The standard InChI is InChI=1S/C10H14N5O5P/c11-10-13-8-7(9(16)14-10)12-4-15(8)5-19-6-1-2-21(17,18)20-3-6/h4,6H,1-3,5H2,(H,17,18)(H3,11,13,14,16)/p-1. The normalized spacial score (nSPS) is 26.2. The predicted molar refractivity (Wildman–Crippen MR) is 70.5 cm³/mol. The van der Waals surface area contributed by atoms with E-state index in [1.807, 2.05) is 0 Å². The molecule has 2 atom stereocenters. The van der Waals surface area contributed by atoms with Gasteiger partial charge in [-0.2, -0.15) is 4.98 Å². The van der Waals surface area contributed by atoms with Crippen molar-refractivity contribution in [2.45, 2.75) is 19.3 Å². The predicted octanol–water partition coefficient (Wildman–Crippen LogP) is -0.982. The average Bonchev–Trinajstić information content (AvgIpc) is 2.81. The Morgan fingerprint density at radius 3 is 3.19 bits per heavy atom. The number of aromatic amines is 1. The van der Waals surface area contributed by atoms with E-state index < -0.39 is 13.2 Å². The second-order valence-corrected chi connectivity index (χ2v) is 6.60. The molecule has 2 unspecified atom stereocenters. The number of ether oxygens (including phenoxy) is 1. The van der Waals surface area contributed by atoms with Crippen LogP contribution in [0.25, 0.3) is 11.2 Å². The molecule has 1 fully saturated rings. The third-order valence-corrected chi connectivity index (χ3v) is 4.47. The first-order chi connectivity index (χ1) is 9.94. The lowest BCUT2D eigenvalue weighted by molar-refractivity contribution is -0.206. The second kappa shape index (κ2) is 5.23. The smallest absolute Gasteiger partial charge is 0.280 e. The number of anilines is 1. The van der Waals surface area contributed by atoms with Crippen LogP contribution >= 0.6 is 7.60 Å². The molecule has 0 saturated carbocycles. The number of fused-ring (bicyclic) bond motifs is 1. The maximum Gasteiger partial charge on any atom is 0.280 e. The Hall–Kier alpha value is -1.74. The molecule has 1 saturated heterocycles. The van der Waals surface area contributed by atoms with Crippen LogP contribution in [0.5, 0.6) is 0 Å². The molecule has 1 aliphatic heterocycles. The van der Waals surface area contributed by atoms with E-state index in [1.165, 1.54) is 10.9 Å². The highest BCUT2D eigenvalue weighted by atomic mass is 31.2. The maximum atomic E-state index is 11.6. The van der Waals surface area contributed by atoms with Crippen LogP contribution in [0.1, 0.15) is 6.42 Å². The zero-order valence-electron chi connectivity index (χ0n) is 10.9. The van der Waals surface area contributed by atoms with Crippen molar-refractivity contribution in [3.8, 4) is 0 Å². The van der Waals surface area contributed by atoms with Gasteiger partial charge in [-0.05, 0) is 6.42 Å². The van der Waals surface area contributed by atoms with Crippen molar-refractivity contribution in [3.63, 3.8) is 0 Å². The molecule has 3 N–H and O–H groups in total. The van der Waals surface area contributed by atoms with Crippen molar-refractivity contribution in [2.75, 3.05) is 18.5 Å². The second-order valence-electron chi connectivity index (χ2n) is 4.67. The topological polar surface area (TPSA) is 148 Å². The number of aromatic nitrogens is 4. The van der Waals surface area contributed by atoms with Crippen molar-refractivity contribution >= 4 is 24.7 Å². The average molecular weight is 314 g/mol. The number of hydrogen-bond donors (Lipinski definition) is 2. The molecule has 3 heterocycles. The van der Waals surface area contributed by atoms with Gasteiger partial charge in [0.15, 0.2) is 11.2 Å². The van der Waals surface area contributed by atoms with Gasteiger partial charge in [-0.15, -0.1) is 0 Å². The Bertz CT molecular complexity index is 759. The van der Waals surface area contributed by atoms with Gasteiger partial charge in [0.1, 0.15) is 14.3 Å². The van der Waals surface area contributed by atoms with Crippen LogP contribution in [-0.2, 0) is 20.6 Å². The number of imidazole rings is 1. The van der Waals surface area contributed by atoms with Gasteiger partial charge in [0, 0.05) is 6.16 Å². The van der Waals surface area contributed by atoms with Gasteiger partial charge in [0.2, 0.25) is 5.95 Å². The molecule has 0 spiro atoms. The van der Waals surface area contributed by atoms with Gasteiger partial charge >= 0.3 is 0 Å². The van der Waals surface area contributed by atoms with Gasteiger partial charge in [0.25, 0.3) is 5.56 Å². The Labute approximate surface area is 118 Å². The first-order valence-corrected chi connectivity index (χ1v) is 7.94. The number of rotatable bonds is 3. The fourth-order valence-corrected chi connectivity index (χ4v) is 3.16. The number of H-pyrrole nitrogens is 1. The summed E-state index contributed by atoms with van der Waals surface area (Å²) < 4.78 is 23.0. The van der Waals surface area contributed by atoms with Gasteiger partial charge in [-0.1, -0.05) is 0 Å². The first-order valence-electron chi connectivity index (χ1n) is 6.21. The van der Waals surface area contributed by atoms with Gasteiger partial charge in [-0.3, -0.25) is 14.3 Å². The van der Waals surface area contributed by atoms with E-state index in [0.29, 0.717) is 12.1 Å². The number of hydrogen-bond acceptors (Lipinski definition) is 8. The molecule has 11 heteroatoms. The lowest BCUT2D eigenvalue weighted by Gasteiger charge is -2.32. The third-order valence-electron chi connectivity index (χ3n) is 3.12. The van der Waals surface area contributed by atoms with E-state index >= 15 is 0 Å². The summed E-state index contributed by atoms with van der Waals surface area (Å²) in [5.74, 6) is -0.0115. The van der Waals surface area contributed by atoms with E-state index in [-0.39, 0.29) is 37.1 Å². The van der Waals surface area contributed by atoms with Crippen LogP contribution in [0.15, 0.2) is 11.1 Å². The summed E-state index contributed by atoms with van der Waals surface area (Å²) in [6.45, 7) is 0.0626.